The van der Waals surface area contributed by atoms with Crippen molar-refractivity contribution in [3.8, 4) is 0 Å². The monoisotopic (exact) mass is 417 g/mol. The number of carbonyl (C=O) groups is 1. The Labute approximate surface area is 180 Å². The van der Waals surface area contributed by atoms with Crippen molar-refractivity contribution in [3.05, 3.63) is 64.3 Å². The predicted molar refractivity (Wildman–Crippen MR) is 124 cm³/mol. The number of nitrogens with zero attached hydrogens (tertiary/aromatic N) is 3. The Kier molecular flexibility index (Phi) is 5.13. The van der Waals surface area contributed by atoms with Crippen LogP contribution in [-0.2, 0) is 16.8 Å². The van der Waals surface area contributed by atoms with E-state index < -0.39 is 5.92 Å². The first-order valence-corrected chi connectivity index (χ1v) is 10.5. The number of anilines is 1. The molecule has 7 nitrogen and oxygen atoms in total. The summed E-state index contributed by atoms with van der Waals surface area (Å²) in [5.74, 6) is 0.177. The van der Waals surface area contributed by atoms with E-state index in [0.717, 1.165) is 16.9 Å². The van der Waals surface area contributed by atoms with E-state index in [1.807, 2.05) is 43.3 Å². The number of benzene rings is 2. The predicted octanol–water partition coefficient (Wildman–Crippen LogP) is 4.33. The van der Waals surface area contributed by atoms with Crippen LogP contribution in [0.2, 0.25) is 0 Å². The number of rotatable bonds is 4. The molecule has 0 aliphatic rings. The lowest BCUT2D eigenvalue weighted by Crippen LogP contribution is -2.27. The molecule has 1 unspecified atom stereocenters. The number of H-pyrrole nitrogens is 1. The van der Waals surface area contributed by atoms with E-state index in [2.05, 4.69) is 41.2 Å². The maximum atomic E-state index is 13.1. The molecule has 0 aliphatic carbocycles. The molecule has 1 atom stereocenters. The number of aryl methyl sites for hydroxylation is 1. The zero-order valence-electron chi connectivity index (χ0n) is 18.5. The molecule has 0 aliphatic heterocycles. The Hall–Kier alpha value is -3.48. The van der Waals surface area contributed by atoms with Crippen LogP contribution in [0.4, 0.5) is 5.69 Å². The number of nitrogens with one attached hydrogen (secondary N) is 2. The Morgan fingerprint density at radius 2 is 1.87 bits per heavy atom. The van der Waals surface area contributed by atoms with Crippen molar-refractivity contribution >= 4 is 33.4 Å². The van der Waals surface area contributed by atoms with Crippen molar-refractivity contribution in [2.45, 2.75) is 52.5 Å². The number of aromatic nitrogens is 4. The summed E-state index contributed by atoms with van der Waals surface area (Å²) in [5.41, 5.74) is 2.77. The Morgan fingerprint density at radius 1 is 1.16 bits per heavy atom. The van der Waals surface area contributed by atoms with Crippen LogP contribution in [-0.4, -0.2) is 25.7 Å². The van der Waals surface area contributed by atoms with Crippen molar-refractivity contribution in [2.75, 3.05) is 5.32 Å². The van der Waals surface area contributed by atoms with Crippen molar-refractivity contribution < 1.29 is 4.79 Å². The fourth-order valence-corrected chi connectivity index (χ4v) is 3.61. The summed E-state index contributed by atoms with van der Waals surface area (Å²) in [6.07, 6.45) is 0. The van der Waals surface area contributed by atoms with Crippen LogP contribution < -0.4 is 10.9 Å². The highest BCUT2D eigenvalue weighted by atomic mass is 16.2. The summed E-state index contributed by atoms with van der Waals surface area (Å²) in [5, 5.41) is 8.75. The smallest absolute Gasteiger partial charge is 0.274 e. The lowest BCUT2D eigenvalue weighted by atomic mass is 9.96. The first-order chi connectivity index (χ1) is 14.7. The van der Waals surface area contributed by atoms with Gasteiger partial charge in [-0.3, -0.25) is 9.59 Å². The molecule has 160 valence electrons. The average molecular weight is 418 g/mol. The molecule has 4 rings (SSSR count). The fourth-order valence-electron chi connectivity index (χ4n) is 3.61. The van der Waals surface area contributed by atoms with Crippen LogP contribution in [0.15, 0.2) is 47.3 Å². The van der Waals surface area contributed by atoms with Crippen molar-refractivity contribution in [2.24, 2.45) is 0 Å². The van der Waals surface area contributed by atoms with Gasteiger partial charge in [0.15, 0.2) is 0 Å². The van der Waals surface area contributed by atoms with Gasteiger partial charge in [0.1, 0.15) is 5.82 Å². The van der Waals surface area contributed by atoms with Gasteiger partial charge in [-0.25, -0.2) is 9.67 Å². The summed E-state index contributed by atoms with van der Waals surface area (Å²) in [4.78, 5) is 33.6. The normalized spacial score (nSPS) is 12.9. The van der Waals surface area contributed by atoms with Gasteiger partial charge in [-0.1, -0.05) is 39.0 Å². The van der Waals surface area contributed by atoms with Crippen molar-refractivity contribution in [1.82, 2.24) is 19.7 Å². The van der Waals surface area contributed by atoms with Gasteiger partial charge in [0.05, 0.1) is 28.0 Å². The van der Waals surface area contributed by atoms with Crippen LogP contribution in [0.25, 0.3) is 21.8 Å². The summed E-state index contributed by atoms with van der Waals surface area (Å²) in [7, 11) is 0. The minimum Gasteiger partial charge on any atom is -0.341 e. The molecule has 7 heteroatoms. The lowest BCUT2D eigenvalue weighted by Gasteiger charge is -2.15. The third-order valence-electron chi connectivity index (χ3n) is 5.46. The highest BCUT2D eigenvalue weighted by Crippen LogP contribution is 2.26. The maximum Gasteiger partial charge on any atom is 0.274 e. The van der Waals surface area contributed by atoms with Gasteiger partial charge in [0.2, 0.25) is 5.91 Å². The average Bonchev–Trinajstić information content (AvgIpc) is 3.18. The second kappa shape index (κ2) is 7.65. The zero-order chi connectivity index (χ0) is 22.3. The number of amides is 1. The third kappa shape index (κ3) is 3.83. The molecule has 2 heterocycles. The molecule has 0 fully saturated rings. The number of fused-ring (bicyclic) bond motifs is 2. The number of aromatic amines is 1. The zero-order valence-corrected chi connectivity index (χ0v) is 18.5. The van der Waals surface area contributed by atoms with Crippen LogP contribution >= 0.6 is 0 Å². The van der Waals surface area contributed by atoms with Gasteiger partial charge in [0.25, 0.3) is 5.56 Å². The lowest BCUT2D eigenvalue weighted by molar-refractivity contribution is -0.117. The van der Waals surface area contributed by atoms with E-state index in [0.29, 0.717) is 28.7 Å². The minimum absolute atomic E-state index is 0.0912. The minimum atomic E-state index is -0.536. The van der Waals surface area contributed by atoms with E-state index in [-0.39, 0.29) is 16.9 Å². The molecule has 0 bridgehead atoms. The second-order valence-corrected chi connectivity index (χ2v) is 8.83. The molecule has 4 aromatic rings. The molecular formula is C24H27N5O2. The van der Waals surface area contributed by atoms with Gasteiger partial charge in [-0.2, -0.15) is 5.10 Å². The number of imidazole rings is 1. The Bertz CT molecular complexity index is 1340. The van der Waals surface area contributed by atoms with Gasteiger partial charge < -0.3 is 10.3 Å². The van der Waals surface area contributed by atoms with Gasteiger partial charge in [-0.15, -0.1) is 0 Å². The molecule has 0 radical (unpaired) electrons. The molecule has 2 N–H and O–H groups in total. The first kappa shape index (κ1) is 20.8. The molecule has 0 spiro atoms. The van der Waals surface area contributed by atoms with Gasteiger partial charge in [-0.05, 0) is 38.1 Å². The molecule has 0 saturated heterocycles. The van der Waals surface area contributed by atoms with Crippen LogP contribution in [0.5, 0.6) is 0 Å². The molecule has 31 heavy (non-hydrogen) atoms. The standard InChI is InChI=1S/C24H27N5O2/c1-6-29-22(31)17-10-8-7-9-16(17)20(28-29)14(2)21(30)25-15-11-12-18-19(13-15)27-23(26-18)24(3,4)5/h7-14H,6H2,1-5H3,(H,25,30)(H,26,27). The summed E-state index contributed by atoms with van der Waals surface area (Å²) in [6, 6.07) is 12.9. The topological polar surface area (TPSA) is 92.7 Å². The van der Waals surface area contributed by atoms with Crippen LogP contribution in [0, 0.1) is 0 Å². The van der Waals surface area contributed by atoms with E-state index in [1.54, 1.807) is 13.0 Å². The van der Waals surface area contributed by atoms with E-state index in [4.69, 9.17) is 0 Å². The fraction of sp³-hybridized carbons (Fsp3) is 0.333. The SMILES string of the molecule is CCn1nc(C(C)C(=O)Nc2ccc3nc(C(C)(C)C)[nH]c3c2)c2ccccc2c1=O. The molecule has 2 aromatic carbocycles. The van der Waals surface area contributed by atoms with E-state index >= 15 is 0 Å². The van der Waals surface area contributed by atoms with Crippen molar-refractivity contribution in [3.63, 3.8) is 0 Å². The Morgan fingerprint density at radius 3 is 2.55 bits per heavy atom. The largest absolute Gasteiger partial charge is 0.341 e. The van der Waals surface area contributed by atoms with Crippen LogP contribution in [0.3, 0.4) is 0 Å². The second-order valence-electron chi connectivity index (χ2n) is 8.83. The third-order valence-corrected chi connectivity index (χ3v) is 5.46. The number of carbonyl (C=O) groups excluding carboxylic acids is 1. The first-order valence-electron chi connectivity index (χ1n) is 10.5. The summed E-state index contributed by atoms with van der Waals surface area (Å²) < 4.78 is 1.41. The van der Waals surface area contributed by atoms with Crippen LogP contribution in [0.1, 0.15) is 52.1 Å². The number of hydrogen-bond acceptors (Lipinski definition) is 4. The summed E-state index contributed by atoms with van der Waals surface area (Å²) >= 11 is 0. The summed E-state index contributed by atoms with van der Waals surface area (Å²) in [6.45, 7) is 10.4. The highest BCUT2D eigenvalue weighted by molar-refractivity contribution is 5.99. The molecule has 2 aromatic heterocycles. The molecular weight excluding hydrogens is 390 g/mol. The molecule has 0 saturated carbocycles. The van der Waals surface area contributed by atoms with Gasteiger partial charge >= 0.3 is 0 Å². The molecule has 1 amide bonds. The van der Waals surface area contributed by atoms with Crippen molar-refractivity contribution in [1.29, 1.82) is 0 Å². The van der Waals surface area contributed by atoms with E-state index in [1.165, 1.54) is 4.68 Å². The Balaban J connectivity index is 1.66. The van der Waals surface area contributed by atoms with Gasteiger partial charge in [0, 0.05) is 23.0 Å². The maximum absolute atomic E-state index is 13.1. The quantitative estimate of drug-likeness (QED) is 0.517. The van der Waals surface area contributed by atoms with E-state index in [9.17, 15) is 9.59 Å². The number of hydrogen-bond donors (Lipinski definition) is 2. The highest BCUT2D eigenvalue weighted by Gasteiger charge is 2.22.